The molecule has 2 aromatic carbocycles. The largest absolute Gasteiger partial charge is 0.494 e. The van der Waals surface area contributed by atoms with Gasteiger partial charge in [-0.15, -0.1) is 6.58 Å². The van der Waals surface area contributed by atoms with Crippen molar-refractivity contribution in [2.45, 2.75) is 31.2 Å². The first-order chi connectivity index (χ1) is 14.3. The van der Waals surface area contributed by atoms with E-state index in [1.165, 1.54) is 17.6 Å². The second-order valence-electron chi connectivity index (χ2n) is 6.83. The van der Waals surface area contributed by atoms with E-state index in [2.05, 4.69) is 18.5 Å². The lowest BCUT2D eigenvalue weighted by molar-refractivity contribution is 0.0997. The molecule has 8 heteroatoms. The number of carbonyl (C=O) groups is 1. The zero-order chi connectivity index (χ0) is 21.7. The van der Waals surface area contributed by atoms with Gasteiger partial charge in [0.15, 0.2) is 14.6 Å². The first-order valence-electron chi connectivity index (χ1n) is 9.59. The van der Waals surface area contributed by atoms with Gasteiger partial charge in [-0.25, -0.2) is 8.42 Å². The van der Waals surface area contributed by atoms with Crippen LogP contribution in [0.2, 0.25) is 0 Å². The summed E-state index contributed by atoms with van der Waals surface area (Å²) in [5, 5.41) is 0. The molecule has 1 amide bonds. The van der Waals surface area contributed by atoms with Crippen molar-refractivity contribution in [2.75, 3.05) is 12.9 Å². The molecule has 0 saturated heterocycles. The number of hydrogen-bond acceptors (Lipinski definition) is 5. The first kappa shape index (κ1) is 22.0. The van der Waals surface area contributed by atoms with Crippen molar-refractivity contribution in [2.24, 2.45) is 4.99 Å². The number of amides is 1. The summed E-state index contributed by atoms with van der Waals surface area (Å²) < 4.78 is 32.0. The quantitative estimate of drug-likeness (QED) is 0.385. The lowest BCUT2D eigenvalue weighted by atomic mass is 10.2. The van der Waals surface area contributed by atoms with E-state index in [1.54, 1.807) is 42.5 Å². The molecule has 1 heterocycles. The monoisotopic (exact) mass is 444 g/mol. The summed E-state index contributed by atoms with van der Waals surface area (Å²) >= 11 is 1.27. The maximum Gasteiger partial charge on any atom is 0.279 e. The summed E-state index contributed by atoms with van der Waals surface area (Å²) in [6, 6.07) is 11.9. The Morgan fingerprint density at radius 3 is 2.77 bits per heavy atom. The number of fused-ring (bicyclic) bond motifs is 1. The zero-order valence-corrected chi connectivity index (χ0v) is 18.6. The number of rotatable bonds is 8. The molecule has 0 radical (unpaired) electrons. The molecule has 1 aromatic heterocycles. The molecule has 0 aliphatic rings. The van der Waals surface area contributed by atoms with Crippen LogP contribution < -0.4 is 9.54 Å². The van der Waals surface area contributed by atoms with Gasteiger partial charge >= 0.3 is 0 Å². The third-order valence-corrected chi connectivity index (χ3v) is 6.59. The third kappa shape index (κ3) is 5.06. The summed E-state index contributed by atoms with van der Waals surface area (Å²) in [5.74, 6) is 0.251. The average Bonchev–Trinajstić information content (AvgIpc) is 3.04. The number of sulfone groups is 1. The lowest BCUT2D eigenvalue weighted by Gasteiger charge is -2.06. The molecule has 0 spiro atoms. The van der Waals surface area contributed by atoms with Gasteiger partial charge in [-0.2, -0.15) is 4.99 Å². The molecular weight excluding hydrogens is 420 g/mol. The van der Waals surface area contributed by atoms with Crippen LogP contribution in [-0.4, -0.2) is 31.8 Å². The Labute approximate surface area is 180 Å². The van der Waals surface area contributed by atoms with Crippen LogP contribution >= 0.6 is 11.3 Å². The smallest absolute Gasteiger partial charge is 0.279 e. The highest BCUT2D eigenvalue weighted by atomic mass is 32.2. The summed E-state index contributed by atoms with van der Waals surface area (Å²) in [4.78, 5) is 17.8. The second-order valence-corrected chi connectivity index (χ2v) is 9.86. The van der Waals surface area contributed by atoms with Crippen LogP contribution in [0.5, 0.6) is 5.75 Å². The molecule has 0 N–H and O–H groups in total. The number of ether oxygens (including phenoxy) is 1. The minimum absolute atomic E-state index is 0.233. The lowest BCUT2D eigenvalue weighted by Crippen LogP contribution is -2.16. The summed E-state index contributed by atoms with van der Waals surface area (Å²) in [7, 11) is -3.32. The van der Waals surface area contributed by atoms with Crippen LogP contribution in [0.1, 0.15) is 30.1 Å². The van der Waals surface area contributed by atoms with E-state index in [9.17, 15) is 13.2 Å². The van der Waals surface area contributed by atoms with Gasteiger partial charge in [-0.1, -0.05) is 36.8 Å². The van der Waals surface area contributed by atoms with Crippen molar-refractivity contribution < 1.29 is 17.9 Å². The number of allylic oxidation sites excluding steroid dienone is 1. The van der Waals surface area contributed by atoms with E-state index in [0.29, 0.717) is 29.3 Å². The number of aromatic nitrogens is 1. The second kappa shape index (κ2) is 9.40. The third-order valence-electron chi connectivity index (χ3n) is 4.44. The van der Waals surface area contributed by atoms with E-state index in [-0.39, 0.29) is 10.8 Å². The molecule has 0 fully saturated rings. The standard InChI is InChI=1S/C22H24N2O4S2/c1-4-6-13-28-17-9-7-8-16(14-17)21(25)23-22-24(12-5-2)19-11-10-18(30(3,26)27)15-20(19)29-22/h5,7-11,14-15H,2,4,6,12-13H2,1,3H3. The van der Waals surface area contributed by atoms with Gasteiger partial charge in [0.2, 0.25) is 0 Å². The minimum atomic E-state index is -3.32. The minimum Gasteiger partial charge on any atom is -0.494 e. The molecule has 30 heavy (non-hydrogen) atoms. The Balaban J connectivity index is 2.02. The van der Waals surface area contributed by atoms with Crippen molar-refractivity contribution in [3.8, 4) is 5.75 Å². The normalized spacial score (nSPS) is 12.3. The highest BCUT2D eigenvalue weighted by molar-refractivity contribution is 7.90. The Morgan fingerprint density at radius 1 is 1.27 bits per heavy atom. The number of benzene rings is 2. The summed E-state index contributed by atoms with van der Waals surface area (Å²) in [6.07, 6.45) is 4.86. The number of carbonyl (C=O) groups excluding carboxylic acids is 1. The van der Waals surface area contributed by atoms with E-state index in [1.807, 2.05) is 10.6 Å². The topological polar surface area (TPSA) is 77.7 Å². The maximum absolute atomic E-state index is 12.8. The molecule has 0 unspecified atom stereocenters. The molecule has 0 atom stereocenters. The molecule has 0 bridgehead atoms. The van der Waals surface area contributed by atoms with E-state index < -0.39 is 9.84 Å². The van der Waals surface area contributed by atoms with Gasteiger partial charge in [0.25, 0.3) is 5.91 Å². The molecule has 0 aliphatic heterocycles. The first-order valence-corrected chi connectivity index (χ1v) is 12.3. The number of unbranched alkanes of at least 4 members (excludes halogenated alkanes) is 1. The Morgan fingerprint density at radius 2 is 2.07 bits per heavy atom. The highest BCUT2D eigenvalue weighted by Crippen LogP contribution is 2.22. The van der Waals surface area contributed by atoms with E-state index in [0.717, 1.165) is 23.1 Å². The predicted molar refractivity (Wildman–Crippen MR) is 120 cm³/mol. The van der Waals surface area contributed by atoms with Gasteiger partial charge in [-0.3, -0.25) is 4.79 Å². The van der Waals surface area contributed by atoms with Crippen molar-refractivity contribution in [1.82, 2.24) is 4.57 Å². The van der Waals surface area contributed by atoms with Gasteiger partial charge < -0.3 is 9.30 Å². The molecule has 3 rings (SSSR count). The summed E-state index contributed by atoms with van der Waals surface area (Å²) in [5.41, 5.74) is 1.24. The fourth-order valence-electron chi connectivity index (χ4n) is 2.88. The van der Waals surface area contributed by atoms with E-state index in [4.69, 9.17) is 4.74 Å². The summed E-state index contributed by atoms with van der Waals surface area (Å²) in [6.45, 7) is 6.91. The van der Waals surface area contributed by atoms with Gasteiger partial charge in [-0.05, 0) is 42.8 Å². The molecule has 0 aliphatic carbocycles. The molecule has 6 nitrogen and oxygen atoms in total. The van der Waals surface area contributed by atoms with Gasteiger partial charge in [0.05, 0.1) is 21.7 Å². The SMILES string of the molecule is C=CCn1c(=NC(=O)c2cccc(OCCCC)c2)sc2cc(S(C)(=O)=O)ccc21. The average molecular weight is 445 g/mol. The van der Waals surface area contributed by atoms with Crippen LogP contribution in [0.3, 0.4) is 0 Å². The number of nitrogens with zero attached hydrogens (tertiary/aromatic N) is 2. The molecular formula is C22H24N2O4S2. The number of hydrogen-bond donors (Lipinski definition) is 0. The van der Waals surface area contributed by atoms with Crippen molar-refractivity contribution >= 4 is 37.3 Å². The van der Waals surface area contributed by atoms with Crippen LogP contribution in [0.15, 0.2) is 65.0 Å². The Kier molecular flexibility index (Phi) is 6.89. The molecule has 3 aromatic rings. The van der Waals surface area contributed by atoms with Gasteiger partial charge in [0.1, 0.15) is 5.75 Å². The van der Waals surface area contributed by atoms with Crippen LogP contribution in [0.4, 0.5) is 0 Å². The van der Waals surface area contributed by atoms with Gasteiger partial charge in [0, 0.05) is 18.4 Å². The zero-order valence-electron chi connectivity index (χ0n) is 17.0. The molecule has 0 saturated carbocycles. The maximum atomic E-state index is 12.8. The number of thiazole rings is 1. The van der Waals surface area contributed by atoms with Crippen LogP contribution in [0.25, 0.3) is 10.2 Å². The van der Waals surface area contributed by atoms with Crippen LogP contribution in [-0.2, 0) is 16.4 Å². The molecule has 158 valence electrons. The highest BCUT2D eigenvalue weighted by Gasteiger charge is 2.13. The predicted octanol–water partition coefficient (Wildman–Crippen LogP) is 4.21. The Bertz CT molecular complexity index is 1250. The van der Waals surface area contributed by atoms with Crippen molar-refractivity contribution in [3.05, 3.63) is 65.5 Å². The fraction of sp³-hybridized carbons (Fsp3) is 0.273. The Hall–Kier alpha value is -2.71. The van der Waals surface area contributed by atoms with Crippen molar-refractivity contribution in [3.63, 3.8) is 0 Å². The fourth-order valence-corrected chi connectivity index (χ4v) is 4.68. The van der Waals surface area contributed by atoms with Crippen molar-refractivity contribution in [1.29, 1.82) is 0 Å². The van der Waals surface area contributed by atoms with E-state index >= 15 is 0 Å². The van der Waals surface area contributed by atoms with Crippen LogP contribution in [0, 0.1) is 0 Å².